The first-order valence-corrected chi connectivity index (χ1v) is 10.7. The Morgan fingerprint density at radius 1 is 1.27 bits per heavy atom. The number of nitrogens with zero attached hydrogens (tertiary/aromatic N) is 4. The minimum atomic E-state index is -3.10. The number of aryl methyl sites for hydroxylation is 1. The van der Waals surface area contributed by atoms with Crippen LogP contribution < -0.4 is 0 Å². The lowest BCUT2D eigenvalue weighted by atomic mass is 10.1. The Morgan fingerprint density at radius 3 is 2.42 bits per heavy atom. The van der Waals surface area contributed by atoms with E-state index >= 15 is 0 Å². The average Bonchev–Trinajstić information content (AvgIpc) is 3.22. The minimum absolute atomic E-state index is 0.00645. The van der Waals surface area contributed by atoms with E-state index in [0.29, 0.717) is 12.1 Å². The molecule has 0 aromatic carbocycles. The summed E-state index contributed by atoms with van der Waals surface area (Å²) >= 11 is 0. The van der Waals surface area contributed by atoms with Gasteiger partial charge in [-0.05, 0) is 33.1 Å². The Labute approximate surface area is 152 Å². The molecule has 1 unspecified atom stereocenters. The maximum atomic E-state index is 13.0. The quantitative estimate of drug-likeness (QED) is 0.559. The van der Waals surface area contributed by atoms with Gasteiger partial charge in [0.1, 0.15) is 17.9 Å². The number of carbonyl (C=O) groups is 1. The molecule has 1 saturated carbocycles. The van der Waals surface area contributed by atoms with Gasteiger partial charge in [-0.3, -0.25) is 19.6 Å². The highest BCUT2D eigenvalue weighted by Gasteiger charge is 2.39. The van der Waals surface area contributed by atoms with E-state index in [1.165, 1.54) is 4.68 Å². The highest BCUT2D eigenvalue weighted by Crippen LogP contribution is 2.30. The van der Waals surface area contributed by atoms with Crippen LogP contribution in [0.5, 0.6) is 0 Å². The van der Waals surface area contributed by atoms with Crippen molar-refractivity contribution in [2.24, 2.45) is 0 Å². The number of carbonyl (C=O) groups excluding carboxylic acids is 1. The summed E-state index contributed by atoms with van der Waals surface area (Å²) in [4.78, 5) is 25.4. The van der Waals surface area contributed by atoms with Crippen molar-refractivity contribution in [1.82, 2.24) is 14.7 Å². The zero-order valence-corrected chi connectivity index (χ0v) is 15.9. The third-order valence-electron chi connectivity index (χ3n) is 5.42. The molecule has 1 amide bonds. The molecule has 0 bridgehead atoms. The molecule has 1 aromatic heterocycles. The van der Waals surface area contributed by atoms with Crippen molar-refractivity contribution in [2.45, 2.75) is 64.6 Å². The van der Waals surface area contributed by atoms with E-state index in [0.717, 1.165) is 25.7 Å². The Hall–Kier alpha value is -1.97. The van der Waals surface area contributed by atoms with Crippen LogP contribution in [0.25, 0.3) is 0 Å². The number of sulfone groups is 1. The molecule has 9 nitrogen and oxygen atoms in total. The SMILES string of the molecule is Cc1nn(CC(=O)N(C2CCCC2)C2CCS(=O)(=O)C2)c(C)c1[N+](=O)[O-]. The fourth-order valence-corrected chi connectivity index (χ4v) is 5.91. The van der Waals surface area contributed by atoms with E-state index in [4.69, 9.17) is 0 Å². The molecule has 3 rings (SSSR count). The van der Waals surface area contributed by atoms with Gasteiger partial charge in [0.25, 0.3) is 0 Å². The molecule has 144 valence electrons. The van der Waals surface area contributed by atoms with Gasteiger partial charge in [-0.1, -0.05) is 12.8 Å². The van der Waals surface area contributed by atoms with Crippen LogP contribution in [0.4, 0.5) is 5.69 Å². The molecular weight excluding hydrogens is 360 g/mol. The lowest BCUT2D eigenvalue weighted by Gasteiger charge is -2.34. The third-order valence-corrected chi connectivity index (χ3v) is 7.17. The first kappa shape index (κ1) is 18.8. The first-order chi connectivity index (χ1) is 12.2. The third kappa shape index (κ3) is 3.60. The molecule has 0 spiro atoms. The number of rotatable bonds is 5. The molecule has 1 saturated heterocycles. The second kappa shape index (κ2) is 6.98. The van der Waals surface area contributed by atoms with Crippen molar-refractivity contribution in [2.75, 3.05) is 11.5 Å². The number of hydrogen-bond acceptors (Lipinski definition) is 6. The van der Waals surface area contributed by atoms with Crippen LogP contribution in [0.15, 0.2) is 0 Å². The largest absolute Gasteiger partial charge is 0.334 e. The van der Waals surface area contributed by atoms with Gasteiger partial charge in [0.15, 0.2) is 9.84 Å². The van der Waals surface area contributed by atoms with Crippen molar-refractivity contribution >= 4 is 21.4 Å². The second-order valence-corrected chi connectivity index (χ2v) is 9.46. The zero-order valence-electron chi connectivity index (χ0n) is 15.0. The summed E-state index contributed by atoms with van der Waals surface area (Å²) in [5, 5.41) is 15.3. The van der Waals surface area contributed by atoms with Crippen LogP contribution in [0.2, 0.25) is 0 Å². The van der Waals surface area contributed by atoms with Gasteiger partial charge in [0.05, 0.1) is 16.4 Å². The molecule has 2 fully saturated rings. The van der Waals surface area contributed by atoms with E-state index in [1.54, 1.807) is 18.7 Å². The monoisotopic (exact) mass is 384 g/mol. The van der Waals surface area contributed by atoms with Crippen molar-refractivity contribution in [3.63, 3.8) is 0 Å². The van der Waals surface area contributed by atoms with Gasteiger partial charge >= 0.3 is 5.69 Å². The topological polar surface area (TPSA) is 115 Å². The summed E-state index contributed by atoms with van der Waals surface area (Å²) in [6.45, 7) is 3.02. The summed E-state index contributed by atoms with van der Waals surface area (Å²) in [6.07, 6.45) is 4.26. The van der Waals surface area contributed by atoms with Crippen molar-refractivity contribution in [1.29, 1.82) is 0 Å². The van der Waals surface area contributed by atoms with Crippen LogP contribution in [0.3, 0.4) is 0 Å². The summed E-state index contributed by atoms with van der Waals surface area (Å²) in [5.74, 6) is -0.0917. The number of nitro groups is 1. The predicted octanol–water partition coefficient (Wildman–Crippen LogP) is 1.37. The van der Waals surface area contributed by atoms with Gasteiger partial charge in [-0.15, -0.1) is 0 Å². The molecule has 0 radical (unpaired) electrons. The van der Waals surface area contributed by atoms with E-state index < -0.39 is 14.8 Å². The highest BCUT2D eigenvalue weighted by molar-refractivity contribution is 7.91. The van der Waals surface area contributed by atoms with Gasteiger partial charge < -0.3 is 4.90 Å². The van der Waals surface area contributed by atoms with Crippen molar-refractivity contribution in [3.8, 4) is 0 Å². The fraction of sp³-hybridized carbons (Fsp3) is 0.750. The smallest absolute Gasteiger partial charge is 0.312 e. The maximum absolute atomic E-state index is 13.0. The zero-order chi connectivity index (χ0) is 19.1. The molecule has 1 atom stereocenters. The molecule has 1 aliphatic heterocycles. The summed E-state index contributed by atoms with van der Waals surface area (Å²) in [5.41, 5.74) is 0.538. The number of hydrogen-bond donors (Lipinski definition) is 0. The molecule has 1 aromatic rings. The predicted molar refractivity (Wildman–Crippen MR) is 94.5 cm³/mol. The molecule has 0 N–H and O–H groups in total. The Kier molecular flexibility index (Phi) is 5.05. The Bertz CT molecular complexity index is 826. The maximum Gasteiger partial charge on any atom is 0.312 e. The standard InChI is InChI=1S/C16H24N4O5S/c1-11-16(20(22)23)12(2)18(17-11)9-15(21)19(13-5-3-4-6-13)14-7-8-26(24,25)10-14/h13-14H,3-10H2,1-2H3. The van der Waals surface area contributed by atoms with Crippen molar-refractivity contribution in [3.05, 3.63) is 21.5 Å². The number of amides is 1. The Morgan fingerprint density at radius 2 is 1.92 bits per heavy atom. The molecular formula is C16H24N4O5S. The lowest BCUT2D eigenvalue weighted by molar-refractivity contribution is -0.386. The van der Waals surface area contributed by atoms with Crippen molar-refractivity contribution < 1.29 is 18.1 Å². The van der Waals surface area contributed by atoms with Gasteiger partial charge in [0.2, 0.25) is 5.91 Å². The molecule has 26 heavy (non-hydrogen) atoms. The van der Waals surface area contributed by atoms with E-state index in [2.05, 4.69) is 5.10 Å². The summed E-state index contributed by atoms with van der Waals surface area (Å²) in [7, 11) is -3.10. The Balaban J connectivity index is 1.84. The van der Waals surface area contributed by atoms with E-state index in [1.807, 2.05) is 0 Å². The molecule has 1 aliphatic carbocycles. The first-order valence-electron chi connectivity index (χ1n) is 8.89. The van der Waals surface area contributed by atoms with E-state index in [-0.39, 0.29) is 47.4 Å². The highest BCUT2D eigenvalue weighted by atomic mass is 32.2. The average molecular weight is 384 g/mol. The summed E-state index contributed by atoms with van der Waals surface area (Å²) < 4.78 is 25.1. The normalized spacial score (nSPS) is 22.6. The fourth-order valence-electron chi connectivity index (χ4n) is 4.20. The minimum Gasteiger partial charge on any atom is -0.334 e. The van der Waals surface area contributed by atoms with Crippen LogP contribution in [-0.4, -0.2) is 57.5 Å². The summed E-state index contributed by atoms with van der Waals surface area (Å²) in [6, 6.07) is -0.254. The van der Waals surface area contributed by atoms with Gasteiger partial charge in [-0.25, -0.2) is 8.42 Å². The van der Waals surface area contributed by atoms with E-state index in [9.17, 15) is 23.3 Å². The lowest BCUT2D eigenvalue weighted by Crippen LogP contribution is -2.48. The molecule has 10 heteroatoms. The van der Waals surface area contributed by atoms with Crippen LogP contribution >= 0.6 is 0 Å². The molecule has 2 aliphatic rings. The molecule has 2 heterocycles. The van der Waals surface area contributed by atoms with Gasteiger partial charge in [-0.2, -0.15) is 5.10 Å². The van der Waals surface area contributed by atoms with Crippen LogP contribution in [0, 0.1) is 24.0 Å². The van der Waals surface area contributed by atoms with Crippen LogP contribution in [0.1, 0.15) is 43.5 Å². The second-order valence-electron chi connectivity index (χ2n) is 7.23. The number of aromatic nitrogens is 2. The van der Waals surface area contributed by atoms with Gasteiger partial charge in [0, 0.05) is 12.1 Å². The van der Waals surface area contributed by atoms with Crippen LogP contribution in [-0.2, 0) is 21.2 Å².